The second kappa shape index (κ2) is 8.56. The van der Waals surface area contributed by atoms with Gasteiger partial charge in [-0.15, -0.1) is 0 Å². The average Bonchev–Trinajstić information content (AvgIpc) is 2.99. The maximum absolute atomic E-state index is 13.2. The van der Waals surface area contributed by atoms with Crippen LogP contribution in [0.3, 0.4) is 0 Å². The fourth-order valence-corrected chi connectivity index (χ4v) is 5.14. The molecule has 2 aliphatic carbocycles. The van der Waals surface area contributed by atoms with E-state index in [9.17, 15) is 24.3 Å². The van der Waals surface area contributed by atoms with E-state index in [0.717, 1.165) is 0 Å². The molecule has 1 saturated heterocycles. The summed E-state index contributed by atoms with van der Waals surface area (Å²) in [6.07, 6.45) is 1.45. The monoisotopic (exact) mass is 460 g/mol. The summed E-state index contributed by atoms with van der Waals surface area (Å²) >= 11 is 0. The van der Waals surface area contributed by atoms with Gasteiger partial charge >= 0.3 is 17.9 Å². The van der Waals surface area contributed by atoms with Gasteiger partial charge in [0, 0.05) is 17.1 Å². The van der Waals surface area contributed by atoms with Crippen molar-refractivity contribution in [3.05, 3.63) is 36.0 Å². The summed E-state index contributed by atoms with van der Waals surface area (Å²) in [6, 6.07) is 0. The SMILES string of the molecule is C=C1C(=O)O[C@H]2[C@H](C)[C@H]3C=CC(=O)[C@]3(C)[C@H](OC(=O)/C(C)=C\C)[C@@H]1[C@H]2OC(=O)CC(C)(C)O. The number of allylic oxidation sites excluding steroid dienone is 3. The maximum atomic E-state index is 13.2. The Labute approximate surface area is 193 Å². The molecule has 1 N–H and O–H groups in total. The third kappa shape index (κ3) is 4.28. The first-order valence-electron chi connectivity index (χ1n) is 11.1. The van der Waals surface area contributed by atoms with Crippen LogP contribution in [-0.2, 0) is 33.4 Å². The van der Waals surface area contributed by atoms with Crippen molar-refractivity contribution >= 4 is 23.7 Å². The van der Waals surface area contributed by atoms with Gasteiger partial charge in [-0.1, -0.05) is 25.7 Å². The third-order valence-electron chi connectivity index (χ3n) is 7.10. The van der Waals surface area contributed by atoms with Crippen molar-refractivity contribution in [2.75, 3.05) is 0 Å². The van der Waals surface area contributed by atoms with Gasteiger partial charge in [-0.2, -0.15) is 0 Å². The fourth-order valence-electron chi connectivity index (χ4n) is 5.14. The predicted molar refractivity (Wildman–Crippen MR) is 118 cm³/mol. The number of esters is 3. The van der Waals surface area contributed by atoms with Gasteiger partial charge in [0.05, 0.1) is 23.4 Å². The van der Waals surface area contributed by atoms with E-state index in [0.29, 0.717) is 5.57 Å². The van der Waals surface area contributed by atoms with Crippen molar-refractivity contribution in [2.24, 2.45) is 23.2 Å². The number of ketones is 1. The normalized spacial score (nSPS) is 36.1. The van der Waals surface area contributed by atoms with Gasteiger partial charge in [0.15, 0.2) is 5.78 Å². The molecule has 0 amide bonds. The average molecular weight is 461 g/mol. The summed E-state index contributed by atoms with van der Waals surface area (Å²) < 4.78 is 17.3. The van der Waals surface area contributed by atoms with Crippen LogP contribution < -0.4 is 0 Å². The zero-order valence-corrected chi connectivity index (χ0v) is 19.9. The van der Waals surface area contributed by atoms with Crippen LogP contribution >= 0.6 is 0 Å². The van der Waals surface area contributed by atoms with E-state index in [4.69, 9.17) is 14.2 Å². The lowest BCUT2D eigenvalue weighted by molar-refractivity contribution is -0.190. The summed E-state index contributed by atoms with van der Waals surface area (Å²) in [5, 5.41) is 10.1. The van der Waals surface area contributed by atoms with E-state index in [-0.39, 0.29) is 17.8 Å². The summed E-state index contributed by atoms with van der Waals surface area (Å²) in [4.78, 5) is 51.4. The Morgan fingerprint density at radius 3 is 2.52 bits per heavy atom. The molecule has 0 aromatic heterocycles. The number of rotatable bonds is 5. The van der Waals surface area contributed by atoms with Crippen LogP contribution in [0.15, 0.2) is 36.0 Å². The molecule has 0 aromatic carbocycles. The van der Waals surface area contributed by atoms with Gasteiger partial charge in [-0.3, -0.25) is 9.59 Å². The molecule has 0 radical (unpaired) electrons. The predicted octanol–water partition coefficient (Wildman–Crippen LogP) is 2.45. The molecule has 2 fully saturated rings. The van der Waals surface area contributed by atoms with Crippen molar-refractivity contribution in [3.8, 4) is 0 Å². The molecule has 7 atom stereocenters. The minimum atomic E-state index is -1.31. The van der Waals surface area contributed by atoms with Crippen LogP contribution in [-0.4, -0.2) is 52.7 Å². The Balaban J connectivity index is 2.14. The van der Waals surface area contributed by atoms with Crippen LogP contribution in [0.25, 0.3) is 0 Å². The van der Waals surface area contributed by atoms with Crippen molar-refractivity contribution < 1.29 is 38.5 Å². The first kappa shape index (κ1) is 24.9. The van der Waals surface area contributed by atoms with Gasteiger partial charge in [0.1, 0.15) is 18.3 Å². The van der Waals surface area contributed by atoms with Crippen LogP contribution in [0.1, 0.15) is 48.0 Å². The lowest BCUT2D eigenvalue weighted by Gasteiger charge is -2.42. The minimum absolute atomic E-state index is 0.0305. The number of carbonyl (C=O) groups is 4. The highest BCUT2D eigenvalue weighted by Gasteiger charge is 2.65. The van der Waals surface area contributed by atoms with Gasteiger partial charge in [0.25, 0.3) is 0 Å². The van der Waals surface area contributed by atoms with Crippen LogP contribution in [0.4, 0.5) is 0 Å². The molecule has 0 spiro atoms. The third-order valence-corrected chi connectivity index (χ3v) is 7.10. The Morgan fingerprint density at radius 2 is 1.94 bits per heavy atom. The van der Waals surface area contributed by atoms with Crippen molar-refractivity contribution in [2.45, 2.75) is 71.9 Å². The topological polar surface area (TPSA) is 116 Å². The molecule has 33 heavy (non-hydrogen) atoms. The van der Waals surface area contributed by atoms with Crippen LogP contribution in [0.5, 0.6) is 0 Å². The molecule has 0 aromatic rings. The van der Waals surface area contributed by atoms with Gasteiger partial charge in [-0.05, 0) is 46.6 Å². The number of fused-ring (bicyclic) bond motifs is 3. The fraction of sp³-hybridized carbons (Fsp3) is 0.600. The Hall–Kier alpha value is -2.74. The molecule has 180 valence electrons. The molecular formula is C25H32O8. The number of ether oxygens (including phenoxy) is 3. The molecule has 8 heteroatoms. The summed E-state index contributed by atoms with van der Waals surface area (Å²) in [5.41, 5.74) is -2.22. The molecular weight excluding hydrogens is 428 g/mol. The number of aliphatic hydroxyl groups is 1. The van der Waals surface area contributed by atoms with Crippen molar-refractivity contribution in [1.82, 2.24) is 0 Å². The highest BCUT2D eigenvalue weighted by molar-refractivity contribution is 5.99. The lowest BCUT2D eigenvalue weighted by atomic mass is 9.67. The van der Waals surface area contributed by atoms with E-state index >= 15 is 0 Å². The zero-order chi connectivity index (χ0) is 24.9. The number of hydrogen-bond acceptors (Lipinski definition) is 8. The molecule has 2 bridgehead atoms. The molecule has 1 aliphatic heterocycles. The largest absolute Gasteiger partial charge is 0.457 e. The molecule has 3 rings (SSSR count). The van der Waals surface area contributed by atoms with Crippen LogP contribution in [0.2, 0.25) is 0 Å². The first-order chi connectivity index (χ1) is 15.2. The van der Waals surface area contributed by atoms with E-state index in [2.05, 4.69) is 6.58 Å². The molecule has 1 saturated carbocycles. The summed E-state index contributed by atoms with van der Waals surface area (Å²) in [6.45, 7) is 13.6. The lowest BCUT2D eigenvalue weighted by Crippen LogP contribution is -2.55. The minimum Gasteiger partial charge on any atom is -0.457 e. The smallest absolute Gasteiger partial charge is 0.334 e. The van der Waals surface area contributed by atoms with Crippen LogP contribution in [0, 0.1) is 23.2 Å². The first-order valence-corrected chi connectivity index (χ1v) is 11.1. The highest BCUT2D eigenvalue weighted by atomic mass is 16.6. The molecule has 1 heterocycles. The Bertz CT molecular complexity index is 952. The van der Waals surface area contributed by atoms with E-state index in [1.165, 1.54) is 19.9 Å². The van der Waals surface area contributed by atoms with Crippen molar-refractivity contribution in [1.29, 1.82) is 0 Å². The maximum Gasteiger partial charge on any atom is 0.334 e. The second-order valence-electron chi connectivity index (χ2n) is 10.1. The summed E-state index contributed by atoms with van der Waals surface area (Å²) in [5.74, 6) is -4.12. The van der Waals surface area contributed by atoms with E-state index < -0.39 is 65.0 Å². The zero-order valence-electron chi connectivity index (χ0n) is 19.9. The quantitative estimate of drug-likeness (QED) is 0.378. The van der Waals surface area contributed by atoms with Gasteiger partial charge in [0.2, 0.25) is 0 Å². The van der Waals surface area contributed by atoms with Gasteiger partial charge in [-0.25, -0.2) is 9.59 Å². The van der Waals surface area contributed by atoms with E-state index in [1.807, 2.05) is 6.92 Å². The molecule has 0 unspecified atom stereocenters. The highest BCUT2D eigenvalue weighted by Crippen LogP contribution is 2.55. The number of carbonyl (C=O) groups excluding carboxylic acids is 4. The standard InChI is InChI=1S/C25H32O8/c1-8-12(2)22(28)33-21-18-14(4)23(29)32-19(20(18)31-17(27)11-24(5,6)30)13(3)15-9-10-16(26)25(15,21)7/h8-10,13,15,18-21,30H,4,11H2,1-3,5-7H3/b12-8-/t13-,15-,18+,19+,20-,21-,25-/m1/s1. The Kier molecular flexibility index (Phi) is 6.45. The number of hydrogen-bond donors (Lipinski definition) is 1. The molecule has 3 aliphatic rings. The van der Waals surface area contributed by atoms with Crippen molar-refractivity contribution in [3.63, 3.8) is 0 Å². The summed E-state index contributed by atoms with van der Waals surface area (Å²) in [7, 11) is 0. The van der Waals surface area contributed by atoms with E-state index in [1.54, 1.807) is 32.9 Å². The van der Waals surface area contributed by atoms with Gasteiger partial charge < -0.3 is 19.3 Å². The molecule has 8 nitrogen and oxygen atoms in total. The Morgan fingerprint density at radius 1 is 1.30 bits per heavy atom. The second-order valence-corrected chi connectivity index (χ2v) is 10.1.